The molecule has 29 heavy (non-hydrogen) atoms. The summed E-state index contributed by atoms with van der Waals surface area (Å²) in [6.07, 6.45) is 0.780. The van der Waals surface area contributed by atoms with Crippen molar-refractivity contribution >= 4 is 28.4 Å². The highest BCUT2D eigenvalue weighted by atomic mass is 35.5. The van der Waals surface area contributed by atoms with Crippen LogP contribution >= 0.6 is 11.6 Å². The van der Waals surface area contributed by atoms with Crippen LogP contribution in [0.4, 0.5) is 0 Å². The van der Waals surface area contributed by atoms with Crippen LogP contribution in [0.15, 0.2) is 46.0 Å². The molecule has 0 spiro atoms. The van der Waals surface area contributed by atoms with Crippen LogP contribution in [0.2, 0.25) is 5.02 Å². The van der Waals surface area contributed by atoms with Crippen molar-refractivity contribution in [3.05, 3.63) is 73.4 Å². The summed E-state index contributed by atoms with van der Waals surface area (Å²) >= 11 is 6.22. The Kier molecular flexibility index (Phi) is 5.94. The van der Waals surface area contributed by atoms with E-state index in [1.165, 1.54) is 4.57 Å². The molecule has 0 saturated carbocycles. The molecule has 7 heteroatoms. The second kappa shape index (κ2) is 8.25. The number of halogens is 1. The van der Waals surface area contributed by atoms with Crippen molar-refractivity contribution in [2.45, 2.75) is 46.7 Å². The van der Waals surface area contributed by atoms with Gasteiger partial charge in [-0.2, -0.15) is 0 Å². The molecule has 0 unspecified atom stereocenters. The second-order valence-electron chi connectivity index (χ2n) is 7.34. The van der Waals surface area contributed by atoms with Gasteiger partial charge in [-0.3, -0.25) is 14.2 Å². The van der Waals surface area contributed by atoms with E-state index in [9.17, 15) is 14.4 Å². The molecule has 0 aliphatic carbocycles. The Labute approximate surface area is 173 Å². The molecule has 1 heterocycles. The fraction of sp³-hybridized carbons (Fsp3) is 0.318. The van der Waals surface area contributed by atoms with Gasteiger partial charge in [-0.05, 0) is 57.0 Å². The molecule has 6 nitrogen and oxygen atoms in total. The summed E-state index contributed by atoms with van der Waals surface area (Å²) in [5.74, 6) is -0.282. The number of carbonyl (C=O) groups is 1. The third-order valence-corrected chi connectivity index (χ3v) is 5.44. The van der Waals surface area contributed by atoms with Crippen molar-refractivity contribution in [3.63, 3.8) is 0 Å². The predicted octanol–water partition coefficient (Wildman–Crippen LogP) is 3.34. The summed E-state index contributed by atoms with van der Waals surface area (Å²) in [5, 5.41) is 3.70. The molecule has 0 aliphatic rings. The van der Waals surface area contributed by atoms with Crippen molar-refractivity contribution in [3.8, 4) is 5.69 Å². The topological polar surface area (TPSA) is 73.1 Å². The van der Waals surface area contributed by atoms with Gasteiger partial charge in [0.2, 0.25) is 5.91 Å². The van der Waals surface area contributed by atoms with Gasteiger partial charge in [0.05, 0.1) is 16.6 Å². The van der Waals surface area contributed by atoms with Crippen molar-refractivity contribution in [1.82, 2.24) is 14.5 Å². The number of aryl methyl sites for hydroxylation is 2. The number of hydrogen-bond donors (Lipinski definition) is 1. The van der Waals surface area contributed by atoms with Crippen LogP contribution in [0.1, 0.15) is 31.4 Å². The van der Waals surface area contributed by atoms with Gasteiger partial charge in [-0.25, -0.2) is 9.36 Å². The Bertz CT molecular complexity index is 1210. The zero-order valence-corrected chi connectivity index (χ0v) is 17.7. The number of amides is 1. The third kappa shape index (κ3) is 4.12. The normalized spacial score (nSPS) is 12.2. The van der Waals surface area contributed by atoms with E-state index in [4.69, 9.17) is 11.6 Å². The van der Waals surface area contributed by atoms with Gasteiger partial charge >= 0.3 is 5.69 Å². The molecule has 3 aromatic rings. The van der Waals surface area contributed by atoms with Crippen LogP contribution in [0.25, 0.3) is 16.6 Å². The van der Waals surface area contributed by atoms with Crippen LogP contribution in [-0.2, 0) is 11.3 Å². The number of nitrogens with zero attached hydrogens (tertiary/aromatic N) is 2. The molecule has 1 aromatic heterocycles. The van der Waals surface area contributed by atoms with Gasteiger partial charge < -0.3 is 5.32 Å². The monoisotopic (exact) mass is 413 g/mol. The molecular formula is C22H24ClN3O3. The van der Waals surface area contributed by atoms with E-state index in [0.29, 0.717) is 21.6 Å². The van der Waals surface area contributed by atoms with Gasteiger partial charge in [0.25, 0.3) is 5.56 Å². The maximum absolute atomic E-state index is 13.3. The van der Waals surface area contributed by atoms with E-state index < -0.39 is 11.2 Å². The number of nitrogens with one attached hydrogen (secondary N) is 1. The minimum absolute atomic E-state index is 0.00600. The Morgan fingerprint density at radius 3 is 2.52 bits per heavy atom. The van der Waals surface area contributed by atoms with Crippen molar-refractivity contribution in [2.24, 2.45) is 0 Å². The average molecular weight is 414 g/mol. The number of hydrogen-bond acceptors (Lipinski definition) is 3. The lowest BCUT2D eigenvalue weighted by molar-refractivity contribution is -0.122. The van der Waals surface area contributed by atoms with Gasteiger partial charge in [-0.1, -0.05) is 36.2 Å². The molecule has 2 aromatic carbocycles. The molecule has 1 amide bonds. The van der Waals surface area contributed by atoms with Gasteiger partial charge in [-0.15, -0.1) is 0 Å². The minimum atomic E-state index is -0.578. The fourth-order valence-electron chi connectivity index (χ4n) is 3.16. The molecule has 0 fully saturated rings. The minimum Gasteiger partial charge on any atom is -0.352 e. The molecule has 0 radical (unpaired) electrons. The first-order valence-electron chi connectivity index (χ1n) is 9.55. The number of aromatic nitrogens is 2. The van der Waals surface area contributed by atoms with E-state index in [0.717, 1.165) is 22.1 Å². The number of benzene rings is 2. The lowest BCUT2D eigenvalue weighted by atomic mass is 10.1. The molecule has 0 aliphatic heterocycles. The van der Waals surface area contributed by atoms with E-state index in [-0.39, 0.29) is 18.5 Å². The van der Waals surface area contributed by atoms with Crippen LogP contribution in [-0.4, -0.2) is 21.1 Å². The number of carbonyl (C=O) groups excluding carboxylic acids is 1. The van der Waals surface area contributed by atoms with Crippen molar-refractivity contribution in [1.29, 1.82) is 0 Å². The highest BCUT2D eigenvalue weighted by Crippen LogP contribution is 2.19. The van der Waals surface area contributed by atoms with Crippen LogP contribution in [0.3, 0.4) is 0 Å². The van der Waals surface area contributed by atoms with Crippen molar-refractivity contribution in [2.75, 3.05) is 0 Å². The summed E-state index contributed by atoms with van der Waals surface area (Å²) in [6, 6.07) is 10.3. The Hall–Kier alpha value is -2.86. The van der Waals surface area contributed by atoms with Gasteiger partial charge in [0.15, 0.2) is 0 Å². The number of fused-ring (bicyclic) bond motifs is 1. The van der Waals surface area contributed by atoms with Crippen LogP contribution < -0.4 is 16.6 Å². The molecule has 0 saturated heterocycles. The van der Waals surface area contributed by atoms with Crippen LogP contribution in [0.5, 0.6) is 0 Å². The highest BCUT2D eigenvalue weighted by molar-refractivity contribution is 6.31. The van der Waals surface area contributed by atoms with Gasteiger partial charge in [0, 0.05) is 11.1 Å². The first-order chi connectivity index (χ1) is 13.7. The zero-order valence-electron chi connectivity index (χ0n) is 17.0. The largest absolute Gasteiger partial charge is 0.352 e. The molecular weight excluding hydrogens is 390 g/mol. The molecule has 3 rings (SSSR count). The molecule has 0 bridgehead atoms. The average Bonchev–Trinajstić information content (AvgIpc) is 2.68. The molecule has 1 atom stereocenters. The number of rotatable bonds is 5. The van der Waals surface area contributed by atoms with Crippen molar-refractivity contribution < 1.29 is 4.79 Å². The van der Waals surface area contributed by atoms with Crippen LogP contribution in [0, 0.1) is 13.8 Å². The van der Waals surface area contributed by atoms with E-state index in [1.54, 1.807) is 30.3 Å². The summed E-state index contributed by atoms with van der Waals surface area (Å²) < 4.78 is 2.41. The lowest BCUT2D eigenvalue weighted by Gasteiger charge is -2.16. The Morgan fingerprint density at radius 2 is 1.86 bits per heavy atom. The fourth-order valence-corrected chi connectivity index (χ4v) is 3.33. The first kappa shape index (κ1) is 20.9. The van der Waals surface area contributed by atoms with Gasteiger partial charge in [0.1, 0.15) is 6.54 Å². The zero-order chi connectivity index (χ0) is 21.3. The summed E-state index contributed by atoms with van der Waals surface area (Å²) in [5.41, 5.74) is 1.51. The molecule has 152 valence electrons. The first-order valence-corrected chi connectivity index (χ1v) is 9.92. The quantitative estimate of drug-likeness (QED) is 0.697. The smallest absolute Gasteiger partial charge is 0.336 e. The summed E-state index contributed by atoms with van der Waals surface area (Å²) in [6.45, 7) is 7.41. The van der Waals surface area contributed by atoms with E-state index >= 15 is 0 Å². The second-order valence-corrected chi connectivity index (χ2v) is 7.75. The predicted molar refractivity (Wildman–Crippen MR) is 116 cm³/mol. The van der Waals surface area contributed by atoms with E-state index in [2.05, 4.69) is 5.32 Å². The van der Waals surface area contributed by atoms with E-state index in [1.807, 2.05) is 33.8 Å². The Morgan fingerprint density at radius 1 is 1.14 bits per heavy atom. The lowest BCUT2D eigenvalue weighted by Crippen LogP contribution is -2.43. The highest BCUT2D eigenvalue weighted by Gasteiger charge is 2.18. The third-order valence-electron chi connectivity index (χ3n) is 5.03. The molecule has 1 N–H and O–H groups in total. The Balaban J connectivity index is 2.27. The summed E-state index contributed by atoms with van der Waals surface area (Å²) in [7, 11) is 0. The SMILES string of the molecule is CC[C@@H](C)NC(=O)Cn1c(=O)n(-c2ccc(C)c(Cl)c2)c(=O)c2cc(C)ccc21. The maximum Gasteiger partial charge on any atom is 0.336 e. The summed E-state index contributed by atoms with van der Waals surface area (Å²) in [4.78, 5) is 38.9. The standard InChI is InChI=1S/C22H24ClN3O3/c1-5-15(4)24-20(27)12-25-19-9-6-13(2)10-17(19)21(28)26(22(25)29)16-8-7-14(3)18(23)11-16/h6-11,15H,5,12H2,1-4H3,(H,24,27)/t15-/m1/s1. The maximum atomic E-state index is 13.3.